The van der Waals surface area contributed by atoms with Crippen molar-refractivity contribution in [2.75, 3.05) is 19.3 Å². The Hall–Kier alpha value is -1.30. The van der Waals surface area contributed by atoms with E-state index in [1.54, 1.807) is 18.1 Å². The van der Waals surface area contributed by atoms with Crippen LogP contribution in [-0.2, 0) is 17.9 Å². The van der Waals surface area contributed by atoms with Crippen LogP contribution in [0.5, 0.6) is 0 Å². The molecule has 0 radical (unpaired) electrons. The molecule has 1 aromatic heterocycles. The van der Waals surface area contributed by atoms with Crippen molar-refractivity contribution in [1.29, 1.82) is 0 Å². The number of imidazole rings is 1. The van der Waals surface area contributed by atoms with Gasteiger partial charge in [0, 0.05) is 24.5 Å². The minimum Gasteiger partial charge on any atom is -0.372 e. The lowest BCUT2D eigenvalue weighted by Crippen LogP contribution is -2.36. The number of hydrogen-bond donors (Lipinski definition) is 1. The fourth-order valence-electron chi connectivity index (χ4n) is 2.83. The molecule has 0 unspecified atom stereocenters. The molecule has 2 aromatic rings. The zero-order valence-corrected chi connectivity index (χ0v) is 13.8. The SMILES string of the molecule is CSc1cccc(CN2CCC(OCc3cnc[nH]3)CC2)c1. The normalized spacial score (nSPS) is 17.0. The second kappa shape index (κ2) is 7.81. The van der Waals surface area contributed by atoms with E-state index in [4.69, 9.17) is 4.74 Å². The fraction of sp³-hybridized carbons (Fsp3) is 0.471. The summed E-state index contributed by atoms with van der Waals surface area (Å²) >= 11 is 1.80. The Morgan fingerprint density at radius 3 is 2.95 bits per heavy atom. The molecule has 4 nitrogen and oxygen atoms in total. The minimum atomic E-state index is 0.372. The van der Waals surface area contributed by atoms with Gasteiger partial charge in [0.05, 0.1) is 30.9 Å². The summed E-state index contributed by atoms with van der Waals surface area (Å²) < 4.78 is 5.96. The van der Waals surface area contributed by atoms with Gasteiger partial charge in [-0.2, -0.15) is 0 Å². The van der Waals surface area contributed by atoms with Crippen LogP contribution in [-0.4, -0.2) is 40.3 Å². The van der Waals surface area contributed by atoms with Crippen molar-refractivity contribution in [3.05, 3.63) is 48.0 Å². The molecule has 1 aliphatic heterocycles. The second-order valence-corrected chi connectivity index (χ2v) is 6.59. The van der Waals surface area contributed by atoms with Crippen LogP contribution < -0.4 is 0 Å². The predicted molar refractivity (Wildman–Crippen MR) is 89.9 cm³/mol. The molecule has 1 saturated heterocycles. The topological polar surface area (TPSA) is 41.1 Å². The van der Waals surface area contributed by atoms with Gasteiger partial charge in [-0.3, -0.25) is 4.90 Å². The number of ether oxygens (including phenoxy) is 1. The summed E-state index contributed by atoms with van der Waals surface area (Å²) in [5.74, 6) is 0. The molecule has 5 heteroatoms. The van der Waals surface area contributed by atoms with Crippen LogP contribution in [0.2, 0.25) is 0 Å². The molecular weight excluding hydrogens is 294 g/mol. The Labute approximate surface area is 136 Å². The van der Waals surface area contributed by atoms with Crippen LogP contribution in [0.4, 0.5) is 0 Å². The standard InChI is InChI=1S/C17H23N3OS/c1-22-17-4-2-3-14(9-17)11-20-7-5-16(6-8-20)21-12-15-10-18-13-19-15/h2-4,9-10,13,16H,5-8,11-12H2,1H3,(H,18,19). The molecule has 0 saturated carbocycles. The Kier molecular flexibility index (Phi) is 5.53. The molecule has 0 amide bonds. The van der Waals surface area contributed by atoms with Gasteiger partial charge in [-0.15, -0.1) is 11.8 Å². The average molecular weight is 317 g/mol. The van der Waals surface area contributed by atoms with E-state index in [0.29, 0.717) is 12.7 Å². The molecule has 0 bridgehead atoms. The van der Waals surface area contributed by atoms with E-state index in [0.717, 1.165) is 38.2 Å². The number of nitrogens with one attached hydrogen (secondary N) is 1. The molecule has 1 N–H and O–H groups in total. The summed E-state index contributed by atoms with van der Waals surface area (Å²) in [6.07, 6.45) is 8.24. The van der Waals surface area contributed by atoms with E-state index < -0.39 is 0 Å². The molecule has 0 spiro atoms. The highest BCUT2D eigenvalue weighted by molar-refractivity contribution is 7.98. The molecule has 1 aromatic carbocycles. The Balaban J connectivity index is 1.43. The van der Waals surface area contributed by atoms with E-state index in [2.05, 4.69) is 45.4 Å². The predicted octanol–water partition coefficient (Wildman–Crippen LogP) is 3.31. The number of aromatic amines is 1. The number of piperidine rings is 1. The van der Waals surface area contributed by atoms with E-state index in [-0.39, 0.29) is 0 Å². The highest BCUT2D eigenvalue weighted by Gasteiger charge is 2.19. The summed E-state index contributed by atoms with van der Waals surface area (Å²) in [7, 11) is 0. The molecule has 1 aliphatic rings. The number of benzene rings is 1. The number of aromatic nitrogens is 2. The number of H-pyrrole nitrogens is 1. The number of hydrogen-bond acceptors (Lipinski definition) is 4. The smallest absolute Gasteiger partial charge is 0.0922 e. The van der Waals surface area contributed by atoms with Crippen molar-refractivity contribution >= 4 is 11.8 Å². The molecule has 3 rings (SSSR count). The molecular formula is C17H23N3OS. The van der Waals surface area contributed by atoms with Gasteiger partial charge in [-0.1, -0.05) is 12.1 Å². The summed E-state index contributed by atoms with van der Waals surface area (Å²) in [5, 5.41) is 0. The largest absolute Gasteiger partial charge is 0.372 e. The van der Waals surface area contributed by atoms with Gasteiger partial charge in [0.2, 0.25) is 0 Å². The molecule has 2 heterocycles. The van der Waals surface area contributed by atoms with Gasteiger partial charge >= 0.3 is 0 Å². The summed E-state index contributed by atoms with van der Waals surface area (Å²) in [4.78, 5) is 11.0. The average Bonchev–Trinajstić information content (AvgIpc) is 3.08. The van der Waals surface area contributed by atoms with Gasteiger partial charge in [0.25, 0.3) is 0 Å². The first-order chi connectivity index (χ1) is 10.8. The van der Waals surface area contributed by atoms with Crippen LogP contribution in [0.15, 0.2) is 41.7 Å². The molecule has 0 aliphatic carbocycles. The van der Waals surface area contributed by atoms with Crippen molar-refractivity contribution in [3.63, 3.8) is 0 Å². The third kappa shape index (κ3) is 4.35. The first-order valence-electron chi connectivity index (χ1n) is 7.77. The van der Waals surface area contributed by atoms with Gasteiger partial charge in [-0.05, 0) is 36.8 Å². The van der Waals surface area contributed by atoms with Crippen molar-refractivity contribution < 1.29 is 4.74 Å². The maximum atomic E-state index is 5.96. The quantitative estimate of drug-likeness (QED) is 0.830. The first-order valence-corrected chi connectivity index (χ1v) is 9.00. The van der Waals surface area contributed by atoms with Gasteiger partial charge < -0.3 is 9.72 Å². The summed E-state index contributed by atoms with van der Waals surface area (Å²) in [6, 6.07) is 8.84. The molecule has 22 heavy (non-hydrogen) atoms. The third-order valence-corrected chi connectivity index (χ3v) is 4.83. The van der Waals surface area contributed by atoms with E-state index in [1.165, 1.54) is 10.5 Å². The zero-order valence-electron chi connectivity index (χ0n) is 13.0. The molecule has 118 valence electrons. The first kappa shape index (κ1) is 15.6. The summed E-state index contributed by atoms with van der Waals surface area (Å²) in [6.45, 7) is 3.90. The van der Waals surface area contributed by atoms with Crippen molar-refractivity contribution in [3.8, 4) is 0 Å². The van der Waals surface area contributed by atoms with Crippen molar-refractivity contribution in [1.82, 2.24) is 14.9 Å². The molecule has 0 atom stereocenters. The second-order valence-electron chi connectivity index (χ2n) is 5.71. The van der Waals surface area contributed by atoms with E-state index in [1.807, 2.05) is 6.20 Å². The number of nitrogens with zero attached hydrogens (tertiary/aromatic N) is 2. The van der Waals surface area contributed by atoms with Crippen LogP contribution in [0.3, 0.4) is 0 Å². The van der Waals surface area contributed by atoms with Crippen LogP contribution in [0.25, 0.3) is 0 Å². The van der Waals surface area contributed by atoms with E-state index >= 15 is 0 Å². The lowest BCUT2D eigenvalue weighted by Gasteiger charge is -2.31. The van der Waals surface area contributed by atoms with Gasteiger partial charge in [-0.25, -0.2) is 4.98 Å². The van der Waals surface area contributed by atoms with Crippen molar-refractivity contribution in [2.24, 2.45) is 0 Å². The van der Waals surface area contributed by atoms with Crippen LogP contribution >= 0.6 is 11.8 Å². The number of likely N-dealkylation sites (tertiary alicyclic amines) is 1. The van der Waals surface area contributed by atoms with Gasteiger partial charge in [0.15, 0.2) is 0 Å². The Morgan fingerprint density at radius 1 is 1.36 bits per heavy atom. The number of thioether (sulfide) groups is 1. The lowest BCUT2D eigenvalue weighted by molar-refractivity contribution is -0.00511. The maximum absolute atomic E-state index is 5.96. The Bertz CT molecular complexity index is 565. The minimum absolute atomic E-state index is 0.372. The van der Waals surface area contributed by atoms with Gasteiger partial charge in [0.1, 0.15) is 0 Å². The third-order valence-electron chi connectivity index (χ3n) is 4.10. The molecule has 1 fully saturated rings. The van der Waals surface area contributed by atoms with Crippen LogP contribution in [0, 0.1) is 0 Å². The number of rotatable bonds is 6. The fourth-order valence-corrected chi connectivity index (χ4v) is 3.32. The zero-order chi connectivity index (χ0) is 15.2. The van der Waals surface area contributed by atoms with Crippen molar-refractivity contribution in [2.45, 2.75) is 37.0 Å². The summed E-state index contributed by atoms with van der Waals surface area (Å²) in [5.41, 5.74) is 2.46. The lowest BCUT2D eigenvalue weighted by atomic mass is 10.1. The highest BCUT2D eigenvalue weighted by Crippen LogP contribution is 2.20. The Morgan fingerprint density at radius 2 is 2.23 bits per heavy atom. The highest BCUT2D eigenvalue weighted by atomic mass is 32.2. The maximum Gasteiger partial charge on any atom is 0.0922 e. The van der Waals surface area contributed by atoms with Crippen LogP contribution in [0.1, 0.15) is 24.1 Å². The monoisotopic (exact) mass is 317 g/mol. The van der Waals surface area contributed by atoms with E-state index in [9.17, 15) is 0 Å².